The molecule has 1 aromatic rings. The fourth-order valence-electron chi connectivity index (χ4n) is 3.11. The van der Waals surface area contributed by atoms with E-state index in [1.165, 1.54) is 0 Å². The number of hydrogen-bond acceptors (Lipinski definition) is 3. The maximum Gasteiger partial charge on any atom is 0.146 e. The molecule has 0 aliphatic carbocycles. The van der Waals surface area contributed by atoms with Gasteiger partial charge in [0, 0.05) is 25.7 Å². The van der Waals surface area contributed by atoms with E-state index in [9.17, 15) is 4.39 Å². The Balaban J connectivity index is 2.16. The van der Waals surface area contributed by atoms with E-state index in [4.69, 9.17) is 4.74 Å². The predicted molar refractivity (Wildman–Crippen MR) is 85.4 cm³/mol. The molecular weight excluding hydrogens is 267 g/mol. The minimum atomic E-state index is -0.118. The highest BCUT2D eigenvalue weighted by atomic mass is 19.1. The molecule has 1 fully saturated rings. The Labute approximate surface area is 127 Å². The summed E-state index contributed by atoms with van der Waals surface area (Å²) < 4.78 is 20.1. The Kier molecular flexibility index (Phi) is 6.00. The second kappa shape index (κ2) is 7.76. The quantitative estimate of drug-likeness (QED) is 0.869. The molecule has 0 aromatic heterocycles. The van der Waals surface area contributed by atoms with Gasteiger partial charge in [-0.1, -0.05) is 19.1 Å². The fourth-order valence-corrected chi connectivity index (χ4v) is 3.11. The Morgan fingerprint density at radius 1 is 1.33 bits per heavy atom. The van der Waals surface area contributed by atoms with Crippen molar-refractivity contribution in [2.75, 3.05) is 31.1 Å². The number of benzene rings is 1. The van der Waals surface area contributed by atoms with Gasteiger partial charge in [-0.25, -0.2) is 4.39 Å². The standard InChI is InChI=1S/C17H27FN2O/c1-4-19-13(3)15-7-6-8-16(18)17(15)20-11-9-14(10-12-20)21-5-2/h6-8,13-14,19H,4-5,9-12H2,1-3H3. The van der Waals surface area contributed by atoms with Crippen molar-refractivity contribution in [3.8, 4) is 0 Å². The van der Waals surface area contributed by atoms with E-state index in [0.29, 0.717) is 6.10 Å². The van der Waals surface area contributed by atoms with Crippen LogP contribution in [-0.2, 0) is 4.74 Å². The van der Waals surface area contributed by atoms with Crippen LogP contribution in [0.3, 0.4) is 0 Å². The Bertz CT molecular complexity index is 444. The highest BCUT2D eigenvalue weighted by Crippen LogP contribution is 2.31. The summed E-state index contributed by atoms with van der Waals surface area (Å²) in [6.45, 7) is 9.54. The highest BCUT2D eigenvalue weighted by Gasteiger charge is 2.24. The molecule has 0 radical (unpaired) electrons. The number of hydrogen-bond donors (Lipinski definition) is 1. The van der Waals surface area contributed by atoms with Crippen molar-refractivity contribution in [2.45, 2.75) is 45.8 Å². The van der Waals surface area contributed by atoms with Crippen LogP contribution in [0.5, 0.6) is 0 Å². The molecule has 21 heavy (non-hydrogen) atoms. The lowest BCUT2D eigenvalue weighted by molar-refractivity contribution is 0.0458. The molecule has 1 aliphatic heterocycles. The van der Waals surface area contributed by atoms with Gasteiger partial charge in [0.15, 0.2) is 0 Å². The molecule has 2 rings (SSSR count). The lowest BCUT2D eigenvalue weighted by atomic mass is 10.0. The maximum absolute atomic E-state index is 14.4. The van der Waals surface area contributed by atoms with E-state index in [1.54, 1.807) is 12.1 Å². The molecule has 0 bridgehead atoms. The van der Waals surface area contributed by atoms with Crippen molar-refractivity contribution >= 4 is 5.69 Å². The second-order valence-electron chi connectivity index (χ2n) is 5.60. The average Bonchev–Trinajstić information content (AvgIpc) is 2.48. The first-order valence-electron chi connectivity index (χ1n) is 8.05. The summed E-state index contributed by atoms with van der Waals surface area (Å²) in [5.41, 5.74) is 1.81. The monoisotopic (exact) mass is 294 g/mol. The van der Waals surface area contributed by atoms with Gasteiger partial charge in [-0.15, -0.1) is 0 Å². The molecule has 1 aliphatic rings. The van der Waals surface area contributed by atoms with Crippen molar-refractivity contribution in [1.82, 2.24) is 5.32 Å². The number of anilines is 1. The molecule has 1 unspecified atom stereocenters. The van der Waals surface area contributed by atoms with Crippen LogP contribution in [0, 0.1) is 5.82 Å². The molecule has 1 atom stereocenters. The predicted octanol–water partition coefficient (Wildman–Crippen LogP) is 3.50. The highest BCUT2D eigenvalue weighted by molar-refractivity contribution is 5.56. The Hall–Kier alpha value is -1.13. The summed E-state index contributed by atoms with van der Waals surface area (Å²) in [5, 5.41) is 3.38. The summed E-state index contributed by atoms with van der Waals surface area (Å²) in [6, 6.07) is 5.55. The van der Waals surface area contributed by atoms with E-state index in [2.05, 4.69) is 24.1 Å². The SMILES string of the molecule is CCNC(C)c1cccc(F)c1N1CCC(OCC)CC1. The van der Waals surface area contributed by atoms with E-state index in [-0.39, 0.29) is 11.9 Å². The minimum absolute atomic E-state index is 0.118. The van der Waals surface area contributed by atoms with Crippen LogP contribution in [0.1, 0.15) is 45.2 Å². The van der Waals surface area contributed by atoms with Crippen molar-refractivity contribution in [3.05, 3.63) is 29.6 Å². The summed E-state index contributed by atoms with van der Waals surface area (Å²) in [7, 11) is 0. The third kappa shape index (κ3) is 3.95. The van der Waals surface area contributed by atoms with Gasteiger partial charge in [0.25, 0.3) is 0 Å². The van der Waals surface area contributed by atoms with Crippen LogP contribution in [-0.4, -0.2) is 32.3 Å². The van der Waals surface area contributed by atoms with Gasteiger partial charge >= 0.3 is 0 Å². The third-order valence-electron chi connectivity index (χ3n) is 4.16. The van der Waals surface area contributed by atoms with Gasteiger partial charge in [-0.2, -0.15) is 0 Å². The molecule has 1 heterocycles. The van der Waals surface area contributed by atoms with Gasteiger partial charge in [0.05, 0.1) is 11.8 Å². The van der Waals surface area contributed by atoms with Crippen LogP contribution >= 0.6 is 0 Å². The Morgan fingerprint density at radius 2 is 2.05 bits per heavy atom. The topological polar surface area (TPSA) is 24.5 Å². The smallest absolute Gasteiger partial charge is 0.146 e. The molecule has 1 saturated heterocycles. The molecule has 3 nitrogen and oxygen atoms in total. The zero-order chi connectivity index (χ0) is 15.2. The zero-order valence-electron chi connectivity index (χ0n) is 13.4. The molecule has 0 saturated carbocycles. The molecular formula is C17H27FN2O. The number of nitrogens with zero attached hydrogens (tertiary/aromatic N) is 1. The third-order valence-corrected chi connectivity index (χ3v) is 4.16. The van der Waals surface area contributed by atoms with Crippen LogP contribution in [0.4, 0.5) is 10.1 Å². The zero-order valence-corrected chi connectivity index (χ0v) is 13.4. The summed E-state index contributed by atoms with van der Waals surface area (Å²) in [4.78, 5) is 2.17. The van der Waals surface area contributed by atoms with E-state index < -0.39 is 0 Å². The van der Waals surface area contributed by atoms with Gasteiger partial charge in [0.1, 0.15) is 5.82 Å². The number of rotatable bonds is 6. The Morgan fingerprint density at radius 3 is 2.67 bits per heavy atom. The average molecular weight is 294 g/mol. The molecule has 118 valence electrons. The van der Waals surface area contributed by atoms with Gasteiger partial charge in [-0.05, 0) is 44.9 Å². The van der Waals surface area contributed by atoms with Crippen molar-refractivity contribution in [1.29, 1.82) is 0 Å². The number of ether oxygens (including phenoxy) is 1. The number of para-hydroxylation sites is 1. The molecule has 4 heteroatoms. The normalized spacial score (nSPS) is 18.0. The molecule has 0 spiro atoms. The second-order valence-corrected chi connectivity index (χ2v) is 5.60. The molecule has 0 amide bonds. The largest absolute Gasteiger partial charge is 0.378 e. The lowest BCUT2D eigenvalue weighted by Crippen LogP contribution is -2.38. The minimum Gasteiger partial charge on any atom is -0.378 e. The van der Waals surface area contributed by atoms with E-state index in [0.717, 1.165) is 50.3 Å². The molecule has 1 N–H and O–H groups in total. The van der Waals surface area contributed by atoms with Gasteiger partial charge in [0.2, 0.25) is 0 Å². The first kappa shape index (κ1) is 16.2. The summed E-state index contributed by atoms with van der Waals surface area (Å²) in [5.74, 6) is -0.118. The maximum atomic E-state index is 14.4. The van der Waals surface area contributed by atoms with E-state index >= 15 is 0 Å². The van der Waals surface area contributed by atoms with Crippen molar-refractivity contribution in [2.24, 2.45) is 0 Å². The van der Waals surface area contributed by atoms with E-state index in [1.807, 2.05) is 13.0 Å². The number of halogens is 1. The fraction of sp³-hybridized carbons (Fsp3) is 0.647. The lowest BCUT2D eigenvalue weighted by Gasteiger charge is -2.35. The van der Waals surface area contributed by atoms with Crippen LogP contribution in [0.25, 0.3) is 0 Å². The van der Waals surface area contributed by atoms with Crippen LogP contribution in [0.15, 0.2) is 18.2 Å². The first-order chi connectivity index (χ1) is 10.2. The van der Waals surface area contributed by atoms with Crippen molar-refractivity contribution < 1.29 is 9.13 Å². The van der Waals surface area contributed by atoms with Gasteiger partial charge < -0.3 is 15.0 Å². The van der Waals surface area contributed by atoms with Crippen LogP contribution in [0.2, 0.25) is 0 Å². The number of nitrogens with one attached hydrogen (secondary N) is 1. The first-order valence-corrected chi connectivity index (χ1v) is 8.05. The van der Waals surface area contributed by atoms with Crippen LogP contribution < -0.4 is 10.2 Å². The van der Waals surface area contributed by atoms with Gasteiger partial charge in [-0.3, -0.25) is 0 Å². The number of piperidine rings is 1. The van der Waals surface area contributed by atoms with Crippen molar-refractivity contribution in [3.63, 3.8) is 0 Å². The summed E-state index contributed by atoms with van der Waals surface area (Å²) in [6.07, 6.45) is 2.27. The summed E-state index contributed by atoms with van der Waals surface area (Å²) >= 11 is 0. The molecule has 1 aromatic carbocycles.